The Morgan fingerprint density at radius 2 is 1.97 bits per heavy atom. The molecule has 1 saturated carbocycles. The number of aryl methyl sites for hydroxylation is 1. The zero-order valence-corrected chi connectivity index (χ0v) is 16.6. The largest absolute Gasteiger partial charge is 0.351 e. The summed E-state index contributed by atoms with van der Waals surface area (Å²) in [4.78, 5) is 46.0. The van der Waals surface area contributed by atoms with Gasteiger partial charge in [0.2, 0.25) is 5.91 Å². The molecule has 2 heterocycles. The van der Waals surface area contributed by atoms with Crippen molar-refractivity contribution in [3.05, 3.63) is 51.9 Å². The molecule has 1 saturated heterocycles. The van der Waals surface area contributed by atoms with Gasteiger partial charge in [-0.15, -0.1) is 0 Å². The molecule has 2 fully saturated rings. The standard InChI is InChI=1S/C22H26N4O3/c1-14-4-6-16(7-5-14)19-23-12-18(21(28)25-19)20(27)24-11-15-3-2-10-26(13-15)22(29)17-8-9-17/h4-7,12,15,17H,2-3,8-11,13H2,1H3,(H,24,27)(H,23,25,28)/t15-/m1/s1. The first-order valence-corrected chi connectivity index (χ1v) is 10.2. The molecule has 7 heteroatoms. The fraction of sp³-hybridized carbons (Fsp3) is 0.455. The smallest absolute Gasteiger partial charge is 0.264 e. The van der Waals surface area contributed by atoms with Crippen molar-refractivity contribution in [3.63, 3.8) is 0 Å². The summed E-state index contributed by atoms with van der Waals surface area (Å²) >= 11 is 0. The van der Waals surface area contributed by atoms with E-state index in [0.29, 0.717) is 18.9 Å². The maximum Gasteiger partial charge on any atom is 0.264 e. The van der Waals surface area contributed by atoms with Gasteiger partial charge in [0.05, 0.1) is 0 Å². The van der Waals surface area contributed by atoms with E-state index in [9.17, 15) is 14.4 Å². The van der Waals surface area contributed by atoms with Gasteiger partial charge in [-0.1, -0.05) is 29.8 Å². The monoisotopic (exact) mass is 394 g/mol. The predicted molar refractivity (Wildman–Crippen MR) is 109 cm³/mol. The van der Waals surface area contributed by atoms with E-state index in [-0.39, 0.29) is 23.3 Å². The highest BCUT2D eigenvalue weighted by Gasteiger charge is 2.35. The van der Waals surface area contributed by atoms with Crippen LogP contribution in [-0.2, 0) is 4.79 Å². The minimum Gasteiger partial charge on any atom is -0.351 e. The third-order valence-electron chi connectivity index (χ3n) is 5.68. The Morgan fingerprint density at radius 1 is 1.21 bits per heavy atom. The number of aromatic nitrogens is 2. The van der Waals surface area contributed by atoms with Gasteiger partial charge in [-0.25, -0.2) is 4.98 Å². The average Bonchev–Trinajstić information content (AvgIpc) is 3.57. The Balaban J connectivity index is 1.36. The summed E-state index contributed by atoms with van der Waals surface area (Å²) in [6.07, 6.45) is 5.26. The highest BCUT2D eigenvalue weighted by molar-refractivity contribution is 5.93. The molecule has 0 radical (unpaired) electrons. The molecule has 1 aromatic carbocycles. The van der Waals surface area contributed by atoms with Crippen molar-refractivity contribution >= 4 is 11.8 Å². The van der Waals surface area contributed by atoms with Crippen LogP contribution in [0.3, 0.4) is 0 Å². The number of carbonyl (C=O) groups excluding carboxylic acids is 2. The zero-order chi connectivity index (χ0) is 20.4. The lowest BCUT2D eigenvalue weighted by molar-refractivity contribution is -0.134. The topological polar surface area (TPSA) is 95.2 Å². The molecule has 0 unspecified atom stereocenters. The average molecular weight is 394 g/mol. The summed E-state index contributed by atoms with van der Waals surface area (Å²) in [5.74, 6) is 0.704. The number of carbonyl (C=O) groups is 2. The molecule has 1 aromatic heterocycles. The first-order chi connectivity index (χ1) is 14.0. The predicted octanol–water partition coefficient (Wildman–Crippen LogP) is 2.12. The summed E-state index contributed by atoms with van der Waals surface area (Å²) in [6, 6.07) is 7.64. The molecule has 7 nitrogen and oxygen atoms in total. The van der Waals surface area contributed by atoms with Crippen LogP contribution in [0, 0.1) is 18.8 Å². The minimum atomic E-state index is -0.456. The third kappa shape index (κ3) is 4.55. The molecule has 0 bridgehead atoms. The van der Waals surface area contributed by atoms with Crippen LogP contribution in [0.2, 0.25) is 0 Å². The van der Waals surface area contributed by atoms with Crippen molar-refractivity contribution in [2.24, 2.45) is 11.8 Å². The fourth-order valence-corrected chi connectivity index (χ4v) is 3.77. The lowest BCUT2D eigenvalue weighted by Gasteiger charge is -2.33. The number of hydrogen-bond donors (Lipinski definition) is 2. The van der Waals surface area contributed by atoms with Crippen molar-refractivity contribution < 1.29 is 9.59 Å². The highest BCUT2D eigenvalue weighted by Crippen LogP contribution is 2.32. The van der Waals surface area contributed by atoms with Crippen LogP contribution in [0.25, 0.3) is 11.4 Å². The second-order valence-corrected chi connectivity index (χ2v) is 8.12. The van der Waals surface area contributed by atoms with Crippen LogP contribution >= 0.6 is 0 Å². The van der Waals surface area contributed by atoms with Crippen molar-refractivity contribution in [2.45, 2.75) is 32.6 Å². The number of benzene rings is 1. The molecule has 2 amide bonds. The van der Waals surface area contributed by atoms with E-state index in [1.807, 2.05) is 36.1 Å². The Bertz CT molecular complexity index is 963. The van der Waals surface area contributed by atoms with Gasteiger partial charge in [-0.3, -0.25) is 14.4 Å². The Labute approximate surface area is 169 Å². The molecular formula is C22H26N4O3. The van der Waals surface area contributed by atoms with E-state index in [0.717, 1.165) is 43.4 Å². The van der Waals surface area contributed by atoms with Crippen LogP contribution in [0.1, 0.15) is 41.6 Å². The quantitative estimate of drug-likeness (QED) is 0.812. The number of H-pyrrole nitrogens is 1. The molecule has 2 aromatic rings. The summed E-state index contributed by atoms with van der Waals surface area (Å²) in [7, 11) is 0. The number of aromatic amines is 1. The van der Waals surface area contributed by atoms with Crippen LogP contribution in [0.5, 0.6) is 0 Å². The summed E-state index contributed by atoms with van der Waals surface area (Å²) < 4.78 is 0. The van der Waals surface area contributed by atoms with Gasteiger partial charge in [0.15, 0.2) is 0 Å². The van der Waals surface area contributed by atoms with Crippen LogP contribution in [0.15, 0.2) is 35.3 Å². The number of hydrogen-bond acceptors (Lipinski definition) is 4. The molecule has 0 spiro atoms. The fourth-order valence-electron chi connectivity index (χ4n) is 3.77. The molecule has 4 rings (SSSR count). The summed E-state index contributed by atoms with van der Waals surface area (Å²) in [5, 5.41) is 2.84. The van der Waals surface area contributed by atoms with Crippen LogP contribution in [0.4, 0.5) is 0 Å². The summed E-state index contributed by atoms with van der Waals surface area (Å²) in [6.45, 7) is 3.92. The molecule has 1 atom stereocenters. The second-order valence-electron chi connectivity index (χ2n) is 8.12. The van der Waals surface area contributed by atoms with E-state index < -0.39 is 11.5 Å². The molecule has 2 aliphatic rings. The van der Waals surface area contributed by atoms with Crippen LogP contribution < -0.4 is 10.9 Å². The van der Waals surface area contributed by atoms with E-state index in [4.69, 9.17) is 0 Å². The number of piperidine rings is 1. The molecular weight excluding hydrogens is 368 g/mol. The number of amides is 2. The van der Waals surface area contributed by atoms with Crippen molar-refractivity contribution in [2.75, 3.05) is 19.6 Å². The normalized spacial score (nSPS) is 19.1. The van der Waals surface area contributed by atoms with Gasteiger partial charge in [0, 0.05) is 37.3 Å². The number of likely N-dealkylation sites (tertiary alicyclic amines) is 1. The molecule has 152 valence electrons. The maximum absolute atomic E-state index is 12.5. The minimum absolute atomic E-state index is 0.00239. The zero-order valence-electron chi connectivity index (χ0n) is 16.6. The van der Waals surface area contributed by atoms with Gasteiger partial charge in [-0.05, 0) is 38.5 Å². The van der Waals surface area contributed by atoms with Crippen molar-refractivity contribution in [3.8, 4) is 11.4 Å². The summed E-state index contributed by atoms with van der Waals surface area (Å²) in [5.41, 5.74) is 1.46. The van der Waals surface area contributed by atoms with E-state index in [2.05, 4.69) is 15.3 Å². The highest BCUT2D eigenvalue weighted by atomic mass is 16.2. The lowest BCUT2D eigenvalue weighted by Crippen LogP contribution is -2.44. The number of rotatable bonds is 5. The second kappa shape index (κ2) is 8.19. The van der Waals surface area contributed by atoms with E-state index in [1.54, 1.807) is 0 Å². The SMILES string of the molecule is Cc1ccc(-c2ncc(C(=O)NC[C@H]3CCCN(C(=O)C4CC4)C3)c(=O)[nH]2)cc1. The molecule has 29 heavy (non-hydrogen) atoms. The van der Waals surface area contributed by atoms with Crippen molar-refractivity contribution in [1.29, 1.82) is 0 Å². The number of nitrogens with zero attached hydrogens (tertiary/aromatic N) is 2. The van der Waals surface area contributed by atoms with Gasteiger partial charge in [0.1, 0.15) is 11.4 Å². The molecule has 2 N–H and O–H groups in total. The molecule has 1 aliphatic heterocycles. The van der Waals surface area contributed by atoms with Gasteiger partial charge < -0.3 is 15.2 Å². The number of nitrogens with one attached hydrogen (secondary N) is 2. The lowest BCUT2D eigenvalue weighted by atomic mass is 9.97. The maximum atomic E-state index is 12.5. The van der Waals surface area contributed by atoms with Crippen LogP contribution in [-0.4, -0.2) is 46.3 Å². The third-order valence-corrected chi connectivity index (χ3v) is 5.68. The van der Waals surface area contributed by atoms with E-state index in [1.165, 1.54) is 6.20 Å². The molecule has 1 aliphatic carbocycles. The van der Waals surface area contributed by atoms with Gasteiger partial charge >= 0.3 is 0 Å². The van der Waals surface area contributed by atoms with Gasteiger partial charge in [0.25, 0.3) is 11.5 Å². The Kier molecular flexibility index (Phi) is 5.47. The van der Waals surface area contributed by atoms with E-state index >= 15 is 0 Å². The first-order valence-electron chi connectivity index (χ1n) is 10.2. The van der Waals surface area contributed by atoms with Gasteiger partial charge in [-0.2, -0.15) is 0 Å². The van der Waals surface area contributed by atoms with Crippen molar-refractivity contribution in [1.82, 2.24) is 20.2 Å². The Hall–Kier alpha value is -2.96. The first kappa shape index (κ1) is 19.4. The Morgan fingerprint density at radius 3 is 2.66 bits per heavy atom.